The van der Waals surface area contributed by atoms with Crippen molar-refractivity contribution in [2.75, 3.05) is 0 Å². The number of alkyl halides is 3. The summed E-state index contributed by atoms with van der Waals surface area (Å²) in [5, 5.41) is -0.416. The molecule has 9 heteroatoms. The van der Waals surface area contributed by atoms with Crippen LogP contribution in [-0.4, -0.2) is 15.8 Å². The van der Waals surface area contributed by atoms with E-state index in [1.807, 2.05) is 0 Å². The van der Waals surface area contributed by atoms with Crippen LogP contribution >= 0.6 is 39.1 Å². The van der Waals surface area contributed by atoms with Crippen LogP contribution in [0.1, 0.15) is 16.1 Å². The summed E-state index contributed by atoms with van der Waals surface area (Å²) in [5.74, 6) is 0. The molecule has 3 nitrogen and oxygen atoms in total. The van der Waals surface area contributed by atoms with Crippen molar-refractivity contribution < 1.29 is 18.0 Å². The van der Waals surface area contributed by atoms with Gasteiger partial charge in [-0.15, -0.1) is 0 Å². The number of aromatic nitrogens is 2. The molecule has 0 atom stereocenters. The van der Waals surface area contributed by atoms with E-state index in [2.05, 4.69) is 20.9 Å². The van der Waals surface area contributed by atoms with Crippen molar-refractivity contribution in [1.82, 2.24) is 9.55 Å². The number of nitrogens with zero attached hydrogens (tertiary/aromatic N) is 2. The molecule has 0 amide bonds. The highest BCUT2D eigenvalue weighted by molar-refractivity contribution is 9.10. The first-order valence-electron chi connectivity index (χ1n) is 5.00. The molecule has 0 radical (unpaired) electrons. The molecule has 20 heavy (non-hydrogen) atoms. The molecule has 1 aromatic carbocycles. The number of benzene rings is 1. The van der Waals surface area contributed by atoms with Crippen molar-refractivity contribution in [3.8, 4) is 5.69 Å². The molecular formula is C11H4BrCl2F3N2O. The van der Waals surface area contributed by atoms with Crippen LogP contribution in [0.25, 0.3) is 5.69 Å². The summed E-state index contributed by atoms with van der Waals surface area (Å²) >= 11 is 14.8. The highest BCUT2D eigenvalue weighted by atomic mass is 79.9. The molecule has 2 rings (SSSR count). The van der Waals surface area contributed by atoms with Crippen LogP contribution in [0.5, 0.6) is 0 Å². The largest absolute Gasteiger partial charge is 0.416 e. The second-order valence-corrected chi connectivity index (χ2v) is 5.26. The predicted molar refractivity (Wildman–Crippen MR) is 71.7 cm³/mol. The molecule has 0 fully saturated rings. The first-order chi connectivity index (χ1) is 9.25. The van der Waals surface area contributed by atoms with Gasteiger partial charge >= 0.3 is 6.18 Å². The Kier molecular flexibility index (Phi) is 4.13. The Hall–Kier alpha value is -1.05. The van der Waals surface area contributed by atoms with Crippen molar-refractivity contribution in [3.63, 3.8) is 0 Å². The third kappa shape index (κ3) is 2.70. The SMILES string of the molecule is O=Cc1ncn(-c2c(Cl)cc(C(F)(F)F)cc2Cl)c1Br. The quantitative estimate of drug-likeness (QED) is 0.695. The van der Waals surface area contributed by atoms with Gasteiger partial charge in [0.1, 0.15) is 16.6 Å². The number of aldehydes is 1. The molecular weight excluding hydrogens is 384 g/mol. The number of halogens is 6. The molecule has 0 saturated carbocycles. The molecule has 0 spiro atoms. The number of imidazole rings is 1. The first kappa shape index (κ1) is 15.3. The summed E-state index contributed by atoms with van der Waals surface area (Å²) in [7, 11) is 0. The minimum Gasteiger partial charge on any atom is -0.296 e. The van der Waals surface area contributed by atoms with Crippen LogP contribution < -0.4 is 0 Å². The molecule has 0 bridgehead atoms. The minimum atomic E-state index is -4.55. The van der Waals surface area contributed by atoms with E-state index in [9.17, 15) is 18.0 Å². The van der Waals surface area contributed by atoms with Gasteiger partial charge in [-0.05, 0) is 28.1 Å². The Labute approximate surface area is 129 Å². The lowest BCUT2D eigenvalue weighted by Gasteiger charge is -2.13. The molecule has 106 valence electrons. The van der Waals surface area contributed by atoms with Gasteiger partial charge in [-0.2, -0.15) is 13.2 Å². The van der Waals surface area contributed by atoms with Gasteiger partial charge in [-0.3, -0.25) is 9.36 Å². The van der Waals surface area contributed by atoms with Crippen molar-refractivity contribution >= 4 is 45.4 Å². The van der Waals surface area contributed by atoms with E-state index in [-0.39, 0.29) is 26.0 Å². The zero-order chi connectivity index (χ0) is 15.1. The summed E-state index contributed by atoms with van der Waals surface area (Å²) < 4.78 is 39.4. The lowest BCUT2D eigenvalue weighted by molar-refractivity contribution is -0.137. The summed E-state index contributed by atoms with van der Waals surface area (Å²) in [4.78, 5) is 14.5. The van der Waals surface area contributed by atoms with E-state index in [1.165, 1.54) is 10.9 Å². The highest BCUT2D eigenvalue weighted by Crippen LogP contribution is 2.38. The fourth-order valence-electron chi connectivity index (χ4n) is 1.54. The third-order valence-corrected chi connectivity index (χ3v) is 3.80. The summed E-state index contributed by atoms with van der Waals surface area (Å²) in [6.07, 6.45) is -2.83. The Morgan fingerprint density at radius 1 is 1.25 bits per heavy atom. The van der Waals surface area contributed by atoms with Gasteiger partial charge < -0.3 is 0 Å². The van der Waals surface area contributed by atoms with Gasteiger partial charge in [-0.25, -0.2) is 4.98 Å². The van der Waals surface area contributed by atoms with Crippen molar-refractivity contribution in [3.05, 3.63) is 44.4 Å². The first-order valence-corrected chi connectivity index (χ1v) is 6.55. The average molecular weight is 388 g/mol. The number of carbonyl (C=O) groups is 1. The van der Waals surface area contributed by atoms with Gasteiger partial charge in [0.2, 0.25) is 0 Å². The maximum atomic E-state index is 12.6. The monoisotopic (exact) mass is 386 g/mol. The van der Waals surface area contributed by atoms with Gasteiger partial charge in [-0.1, -0.05) is 23.2 Å². The molecule has 0 aliphatic carbocycles. The zero-order valence-electron chi connectivity index (χ0n) is 9.38. The molecule has 2 aromatic rings. The van der Waals surface area contributed by atoms with E-state index < -0.39 is 11.7 Å². The molecule has 1 aromatic heterocycles. The van der Waals surface area contributed by atoms with E-state index in [1.54, 1.807) is 0 Å². The molecule has 0 N–H and O–H groups in total. The second-order valence-electron chi connectivity index (χ2n) is 3.69. The van der Waals surface area contributed by atoms with Crippen molar-refractivity contribution in [2.24, 2.45) is 0 Å². The maximum Gasteiger partial charge on any atom is 0.416 e. The topological polar surface area (TPSA) is 34.9 Å². The molecule has 0 unspecified atom stereocenters. The fourth-order valence-corrected chi connectivity index (χ4v) is 2.68. The Bertz CT molecular complexity index is 662. The average Bonchev–Trinajstić information content (AvgIpc) is 2.69. The number of hydrogen-bond donors (Lipinski definition) is 0. The summed E-state index contributed by atoms with van der Waals surface area (Å²) in [6, 6.07) is 1.52. The summed E-state index contributed by atoms with van der Waals surface area (Å²) in [6.45, 7) is 0. The van der Waals surface area contributed by atoms with E-state index in [4.69, 9.17) is 23.2 Å². The molecule has 0 aliphatic rings. The number of carbonyl (C=O) groups excluding carboxylic acids is 1. The van der Waals surface area contributed by atoms with E-state index >= 15 is 0 Å². The Morgan fingerprint density at radius 3 is 2.20 bits per heavy atom. The van der Waals surface area contributed by atoms with E-state index in [0.29, 0.717) is 6.29 Å². The molecule has 0 aliphatic heterocycles. The molecule has 1 heterocycles. The van der Waals surface area contributed by atoms with Crippen LogP contribution in [0.3, 0.4) is 0 Å². The number of rotatable bonds is 2. The van der Waals surface area contributed by atoms with Gasteiger partial charge in [0.25, 0.3) is 0 Å². The standard InChI is InChI=1S/C11H4BrCl2F3N2O/c12-10-8(3-20)18-4-19(10)9-6(13)1-5(2-7(9)14)11(15,16)17/h1-4H. The van der Waals surface area contributed by atoms with Crippen LogP contribution in [0.15, 0.2) is 23.1 Å². The zero-order valence-corrected chi connectivity index (χ0v) is 12.5. The second kappa shape index (κ2) is 5.38. The maximum absolute atomic E-state index is 12.6. The van der Waals surface area contributed by atoms with Gasteiger partial charge in [0.15, 0.2) is 6.29 Å². The normalized spacial score (nSPS) is 11.7. The molecule has 0 saturated heterocycles. The van der Waals surface area contributed by atoms with Crippen molar-refractivity contribution in [1.29, 1.82) is 0 Å². The van der Waals surface area contributed by atoms with Crippen LogP contribution in [-0.2, 0) is 6.18 Å². The van der Waals surface area contributed by atoms with Gasteiger partial charge in [0, 0.05) is 0 Å². The lowest BCUT2D eigenvalue weighted by atomic mass is 10.2. The lowest BCUT2D eigenvalue weighted by Crippen LogP contribution is -2.06. The van der Waals surface area contributed by atoms with Crippen molar-refractivity contribution in [2.45, 2.75) is 6.18 Å². The van der Waals surface area contributed by atoms with Crippen LogP contribution in [0.2, 0.25) is 10.0 Å². The Balaban J connectivity index is 2.64. The van der Waals surface area contributed by atoms with Gasteiger partial charge in [0.05, 0.1) is 21.3 Å². The summed E-state index contributed by atoms with van der Waals surface area (Å²) in [5.41, 5.74) is -0.770. The Morgan fingerprint density at radius 2 is 1.80 bits per heavy atom. The minimum absolute atomic E-state index is 0.0806. The predicted octanol–water partition coefficient (Wildman–Crippen LogP) is 4.77. The van der Waals surface area contributed by atoms with Crippen LogP contribution in [0, 0.1) is 0 Å². The van der Waals surface area contributed by atoms with E-state index in [0.717, 1.165) is 12.1 Å². The third-order valence-electron chi connectivity index (χ3n) is 2.43. The highest BCUT2D eigenvalue weighted by Gasteiger charge is 2.32. The number of hydrogen-bond acceptors (Lipinski definition) is 2. The fraction of sp³-hybridized carbons (Fsp3) is 0.0909. The van der Waals surface area contributed by atoms with Crippen LogP contribution in [0.4, 0.5) is 13.2 Å². The smallest absolute Gasteiger partial charge is 0.296 e.